The minimum Gasteiger partial charge on any atom is -0.337 e. The van der Waals surface area contributed by atoms with E-state index in [4.69, 9.17) is 0 Å². The first-order valence-electron chi connectivity index (χ1n) is 8.79. The Kier molecular flexibility index (Phi) is 6.84. The van der Waals surface area contributed by atoms with Gasteiger partial charge in [-0.1, -0.05) is 19.4 Å². The fraction of sp³-hybridized carbons (Fsp3) is 0.667. The molecule has 0 bridgehead atoms. The highest BCUT2D eigenvalue weighted by atomic mass is 16.2. The summed E-state index contributed by atoms with van der Waals surface area (Å²) in [6, 6.07) is 6.41. The predicted octanol–water partition coefficient (Wildman–Crippen LogP) is 3.05. The molecule has 0 aromatic carbocycles. The van der Waals surface area contributed by atoms with Crippen LogP contribution in [0.1, 0.15) is 51.3 Å². The molecule has 0 aliphatic carbocycles. The Morgan fingerprint density at radius 2 is 2.30 bits per heavy atom. The van der Waals surface area contributed by atoms with E-state index in [-0.39, 0.29) is 12.1 Å². The highest BCUT2D eigenvalue weighted by Crippen LogP contribution is 2.19. The Hall–Kier alpha value is -1.62. The third kappa shape index (κ3) is 4.93. The minimum absolute atomic E-state index is 0.0328. The topological polar surface area (TPSA) is 48.5 Å². The maximum Gasteiger partial charge on any atom is 0.317 e. The number of rotatable bonds is 6. The van der Waals surface area contributed by atoms with Gasteiger partial charge in [0.15, 0.2) is 0 Å². The monoisotopic (exact) mass is 318 g/mol. The van der Waals surface area contributed by atoms with Crippen LogP contribution in [-0.2, 0) is 0 Å². The second-order valence-corrected chi connectivity index (χ2v) is 6.37. The quantitative estimate of drug-likeness (QED) is 0.877. The number of aromatic nitrogens is 1. The summed E-state index contributed by atoms with van der Waals surface area (Å²) in [6.07, 6.45) is 6.87. The molecule has 1 aliphatic heterocycles. The van der Waals surface area contributed by atoms with Crippen molar-refractivity contribution in [3.05, 3.63) is 30.1 Å². The molecule has 1 aromatic rings. The maximum atomic E-state index is 12.3. The van der Waals surface area contributed by atoms with Gasteiger partial charge in [0.2, 0.25) is 0 Å². The van der Waals surface area contributed by atoms with Gasteiger partial charge in [-0.2, -0.15) is 0 Å². The number of nitrogens with zero attached hydrogens (tertiary/aromatic N) is 3. The van der Waals surface area contributed by atoms with E-state index in [1.807, 2.05) is 32.2 Å². The van der Waals surface area contributed by atoms with Crippen molar-refractivity contribution in [3.8, 4) is 0 Å². The van der Waals surface area contributed by atoms with Crippen LogP contribution in [0, 0.1) is 0 Å². The van der Waals surface area contributed by atoms with Gasteiger partial charge in [-0.05, 0) is 44.9 Å². The van der Waals surface area contributed by atoms with Crippen molar-refractivity contribution in [1.29, 1.82) is 0 Å². The smallest absolute Gasteiger partial charge is 0.317 e. The highest BCUT2D eigenvalue weighted by molar-refractivity contribution is 5.74. The van der Waals surface area contributed by atoms with Crippen LogP contribution in [0.4, 0.5) is 4.79 Å². The number of piperidine rings is 1. The van der Waals surface area contributed by atoms with Gasteiger partial charge < -0.3 is 10.2 Å². The summed E-state index contributed by atoms with van der Waals surface area (Å²) >= 11 is 0. The molecular weight excluding hydrogens is 288 g/mol. The summed E-state index contributed by atoms with van der Waals surface area (Å²) in [5.41, 5.74) is 0.909. The number of pyridine rings is 1. The molecule has 1 aromatic heterocycles. The summed E-state index contributed by atoms with van der Waals surface area (Å²) in [6.45, 7) is 7.06. The van der Waals surface area contributed by atoms with E-state index >= 15 is 0 Å². The molecule has 2 heterocycles. The number of hydrogen-bond donors (Lipinski definition) is 1. The first-order valence-corrected chi connectivity index (χ1v) is 8.79. The van der Waals surface area contributed by atoms with Crippen LogP contribution in [0.3, 0.4) is 0 Å². The SMILES string of the molecule is CC[C@@H]1CCCCN1CCNC(=O)N(C)[C@@H](C)c1ccccn1. The zero-order chi connectivity index (χ0) is 16.7. The highest BCUT2D eigenvalue weighted by Gasteiger charge is 2.21. The van der Waals surface area contributed by atoms with Crippen LogP contribution in [-0.4, -0.2) is 53.5 Å². The second-order valence-electron chi connectivity index (χ2n) is 6.37. The van der Waals surface area contributed by atoms with Crippen LogP contribution in [0.15, 0.2) is 24.4 Å². The Morgan fingerprint density at radius 3 is 3.00 bits per heavy atom. The summed E-state index contributed by atoms with van der Waals surface area (Å²) in [4.78, 5) is 20.9. The molecule has 2 atom stereocenters. The van der Waals surface area contributed by atoms with E-state index < -0.39 is 0 Å². The molecule has 1 fully saturated rings. The van der Waals surface area contributed by atoms with E-state index in [2.05, 4.69) is 22.1 Å². The van der Waals surface area contributed by atoms with Crippen LogP contribution in [0.25, 0.3) is 0 Å². The van der Waals surface area contributed by atoms with Crippen molar-refractivity contribution in [2.75, 3.05) is 26.7 Å². The van der Waals surface area contributed by atoms with Crippen LogP contribution < -0.4 is 5.32 Å². The van der Waals surface area contributed by atoms with Crippen molar-refractivity contribution in [2.24, 2.45) is 0 Å². The van der Waals surface area contributed by atoms with E-state index in [1.54, 1.807) is 11.1 Å². The van der Waals surface area contributed by atoms with Gasteiger partial charge in [-0.15, -0.1) is 0 Å². The summed E-state index contributed by atoms with van der Waals surface area (Å²) < 4.78 is 0. The molecule has 0 spiro atoms. The maximum absolute atomic E-state index is 12.3. The zero-order valence-electron chi connectivity index (χ0n) is 14.7. The molecule has 2 amide bonds. The van der Waals surface area contributed by atoms with Crippen LogP contribution in [0.5, 0.6) is 0 Å². The molecule has 23 heavy (non-hydrogen) atoms. The molecule has 5 heteroatoms. The number of carbonyl (C=O) groups is 1. The molecule has 1 N–H and O–H groups in total. The van der Waals surface area contributed by atoms with Crippen molar-refractivity contribution < 1.29 is 4.79 Å². The van der Waals surface area contributed by atoms with Crippen molar-refractivity contribution in [1.82, 2.24) is 20.1 Å². The molecule has 5 nitrogen and oxygen atoms in total. The molecule has 1 saturated heterocycles. The van der Waals surface area contributed by atoms with Gasteiger partial charge in [0, 0.05) is 32.4 Å². The number of nitrogens with one attached hydrogen (secondary N) is 1. The molecule has 0 radical (unpaired) electrons. The lowest BCUT2D eigenvalue weighted by Crippen LogP contribution is -2.46. The number of amides is 2. The average Bonchev–Trinajstić information content (AvgIpc) is 2.61. The Bertz CT molecular complexity index is 479. The minimum atomic E-state index is -0.0341. The summed E-state index contributed by atoms with van der Waals surface area (Å²) in [5.74, 6) is 0. The van der Waals surface area contributed by atoms with Gasteiger partial charge in [-0.3, -0.25) is 9.88 Å². The molecule has 0 saturated carbocycles. The molecule has 0 unspecified atom stereocenters. The third-order valence-electron chi connectivity index (χ3n) is 4.91. The lowest BCUT2D eigenvalue weighted by molar-refractivity contribution is 0.142. The number of hydrogen-bond acceptors (Lipinski definition) is 3. The predicted molar refractivity (Wildman–Crippen MR) is 93.3 cm³/mol. The van der Waals surface area contributed by atoms with Gasteiger partial charge in [0.25, 0.3) is 0 Å². The molecule has 2 rings (SSSR count). The van der Waals surface area contributed by atoms with Crippen molar-refractivity contribution in [2.45, 2.75) is 51.6 Å². The lowest BCUT2D eigenvalue weighted by atomic mass is 10.0. The summed E-state index contributed by atoms with van der Waals surface area (Å²) in [5, 5.41) is 3.04. The first kappa shape index (κ1) is 17.7. The van der Waals surface area contributed by atoms with E-state index in [0.717, 1.165) is 18.8 Å². The number of likely N-dealkylation sites (tertiary alicyclic amines) is 1. The fourth-order valence-electron chi connectivity index (χ4n) is 3.25. The number of urea groups is 1. The van der Waals surface area contributed by atoms with Crippen LogP contribution in [0.2, 0.25) is 0 Å². The normalized spacial score (nSPS) is 20.0. The number of carbonyl (C=O) groups excluding carboxylic acids is 1. The van der Waals surface area contributed by atoms with Gasteiger partial charge >= 0.3 is 6.03 Å². The van der Waals surface area contributed by atoms with Gasteiger partial charge in [0.05, 0.1) is 11.7 Å². The van der Waals surface area contributed by atoms with Gasteiger partial charge in [0.1, 0.15) is 0 Å². The average molecular weight is 318 g/mol. The van der Waals surface area contributed by atoms with Crippen LogP contribution >= 0.6 is 0 Å². The molecular formula is C18H30N4O. The lowest BCUT2D eigenvalue weighted by Gasteiger charge is -2.35. The van der Waals surface area contributed by atoms with E-state index in [9.17, 15) is 4.79 Å². The molecule has 1 aliphatic rings. The molecule has 128 valence electrons. The largest absolute Gasteiger partial charge is 0.337 e. The Labute approximate surface area is 140 Å². The van der Waals surface area contributed by atoms with E-state index in [1.165, 1.54) is 25.7 Å². The Balaban J connectivity index is 1.77. The third-order valence-corrected chi connectivity index (χ3v) is 4.91. The van der Waals surface area contributed by atoms with Gasteiger partial charge in [-0.25, -0.2) is 4.79 Å². The second kappa shape index (κ2) is 8.87. The Morgan fingerprint density at radius 1 is 1.48 bits per heavy atom. The zero-order valence-corrected chi connectivity index (χ0v) is 14.7. The van der Waals surface area contributed by atoms with Crippen molar-refractivity contribution in [3.63, 3.8) is 0 Å². The first-order chi connectivity index (χ1) is 11.1. The van der Waals surface area contributed by atoms with Crippen molar-refractivity contribution >= 4 is 6.03 Å². The fourth-order valence-corrected chi connectivity index (χ4v) is 3.25. The standard InChI is InChI=1S/C18H30N4O/c1-4-16-9-6-8-13-22(16)14-12-20-18(23)21(3)15(2)17-10-5-7-11-19-17/h5,7,10-11,15-16H,4,6,8-9,12-14H2,1-3H3,(H,20,23)/t15-,16+/m0/s1. The van der Waals surface area contributed by atoms with E-state index in [0.29, 0.717) is 12.6 Å². The summed E-state index contributed by atoms with van der Waals surface area (Å²) in [7, 11) is 1.82.